The van der Waals surface area contributed by atoms with Crippen molar-refractivity contribution in [2.75, 3.05) is 0 Å². The van der Waals surface area contributed by atoms with Gasteiger partial charge in [0.05, 0.1) is 11.4 Å². The first-order valence-electron chi connectivity index (χ1n) is 7.13. The molecule has 0 saturated carbocycles. The number of nitrogens with two attached hydrogens (primary N) is 1. The number of hydrogen-bond donors (Lipinski definition) is 1. The van der Waals surface area contributed by atoms with Gasteiger partial charge in [-0.3, -0.25) is 0 Å². The van der Waals surface area contributed by atoms with E-state index < -0.39 is 32.9 Å². The van der Waals surface area contributed by atoms with Gasteiger partial charge in [0, 0.05) is 10.0 Å². The molecule has 0 fully saturated rings. The normalized spacial score (nSPS) is 11.9. The molecule has 0 aliphatic heterocycles. The van der Waals surface area contributed by atoms with Crippen LogP contribution >= 0.6 is 15.9 Å². The third-order valence-corrected chi connectivity index (χ3v) is 5.03. The maximum absolute atomic E-state index is 14.1. The lowest BCUT2D eigenvalue weighted by Gasteiger charge is -2.09. The number of benzene rings is 2. The van der Waals surface area contributed by atoms with Crippen LogP contribution in [0.4, 0.5) is 13.2 Å². The molecular formula is C16H11BrF3N3O2S. The topological polar surface area (TPSA) is 78.0 Å². The first-order chi connectivity index (χ1) is 12.2. The highest BCUT2D eigenvalue weighted by Crippen LogP contribution is 2.30. The second-order valence-electron chi connectivity index (χ2n) is 5.33. The molecule has 3 rings (SSSR count). The molecule has 0 aliphatic carbocycles. The van der Waals surface area contributed by atoms with Gasteiger partial charge >= 0.3 is 0 Å². The maximum atomic E-state index is 14.1. The average molecular weight is 446 g/mol. The number of aromatic nitrogens is 2. The summed E-state index contributed by atoms with van der Waals surface area (Å²) in [5.41, 5.74) is 0.351. The second kappa shape index (κ2) is 6.86. The molecule has 0 atom stereocenters. The van der Waals surface area contributed by atoms with Crippen LogP contribution in [0.1, 0.15) is 12.1 Å². The minimum Gasteiger partial charge on any atom is -0.233 e. The molecule has 0 spiro atoms. The number of halogens is 4. The van der Waals surface area contributed by atoms with E-state index in [0.717, 1.165) is 22.7 Å². The summed E-state index contributed by atoms with van der Waals surface area (Å²) in [6.45, 7) is 0. The van der Waals surface area contributed by atoms with E-state index in [9.17, 15) is 21.6 Å². The third-order valence-electron chi connectivity index (χ3n) is 3.56. The maximum Gasteiger partial charge on any atom is 0.282 e. The third kappa shape index (κ3) is 3.67. The van der Waals surface area contributed by atoms with E-state index in [1.54, 1.807) is 24.3 Å². The van der Waals surface area contributed by atoms with Gasteiger partial charge in [0.25, 0.3) is 6.43 Å². The van der Waals surface area contributed by atoms with E-state index in [1.807, 2.05) is 0 Å². The molecule has 2 aromatic carbocycles. The Hall–Kier alpha value is -2.17. The van der Waals surface area contributed by atoms with E-state index in [0.29, 0.717) is 5.69 Å². The minimum absolute atomic E-state index is 0.178. The Bertz CT molecular complexity index is 1070. The molecule has 136 valence electrons. The van der Waals surface area contributed by atoms with Gasteiger partial charge in [-0.05, 0) is 42.5 Å². The largest absolute Gasteiger partial charge is 0.282 e. The van der Waals surface area contributed by atoms with Gasteiger partial charge in [-0.25, -0.2) is 31.4 Å². The summed E-state index contributed by atoms with van der Waals surface area (Å²) in [6, 6.07) is 11.0. The fourth-order valence-electron chi connectivity index (χ4n) is 2.38. The molecule has 0 saturated heterocycles. The molecule has 10 heteroatoms. The fraction of sp³-hybridized carbons (Fsp3) is 0.0625. The highest BCUT2D eigenvalue weighted by Gasteiger charge is 2.20. The molecule has 26 heavy (non-hydrogen) atoms. The second-order valence-corrected chi connectivity index (χ2v) is 7.78. The van der Waals surface area contributed by atoms with Crippen LogP contribution in [0.3, 0.4) is 0 Å². The van der Waals surface area contributed by atoms with E-state index in [-0.39, 0.29) is 11.3 Å². The quantitative estimate of drug-likeness (QED) is 0.658. The Morgan fingerprint density at radius 2 is 1.73 bits per heavy atom. The number of sulfonamides is 1. The smallest absolute Gasteiger partial charge is 0.233 e. The van der Waals surface area contributed by atoms with Gasteiger partial charge in [0.15, 0.2) is 0 Å². The van der Waals surface area contributed by atoms with Crippen molar-refractivity contribution >= 4 is 26.0 Å². The summed E-state index contributed by atoms with van der Waals surface area (Å²) < 4.78 is 65.0. The number of alkyl halides is 2. The summed E-state index contributed by atoms with van der Waals surface area (Å²) in [6.07, 6.45) is -2.82. The summed E-state index contributed by atoms with van der Waals surface area (Å²) in [4.78, 5) is -0.676. The van der Waals surface area contributed by atoms with Crippen LogP contribution < -0.4 is 5.14 Å². The van der Waals surface area contributed by atoms with E-state index in [1.165, 1.54) is 10.7 Å². The highest BCUT2D eigenvalue weighted by molar-refractivity contribution is 9.10. The Labute approximate surface area is 155 Å². The molecule has 5 nitrogen and oxygen atoms in total. The van der Waals surface area contributed by atoms with Gasteiger partial charge in [-0.15, -0.1) is 0 Å². The zero-order valence-corrected chi connectivity index (χ0v) is 15.3. The van der Waals surface area contributed by atoms with Crippen molar-refractivity contribution in [2.24, 2.45) is 5.14 Å². The van der Waals surface area contributed by atoms with Gasteiger partial charge in [-0.1, -0.05) is 22.0 Å². The standard InChI is InChI=1S/C16H11BrF3N3O2S/c17-10-2-4-11(5-3-10)23-14(8-13(22-23)16(19)20)9-1-6-15(12(18)7-9)26(21,24)25/h1-8,16H,(H2,21,24,25). The molecule has 1 aromatic heterocycles. The van der Waals surface area contributed by atoms with Crippen molar-refractivity contribution in [3.63, 3.8) is 0 Å². The van der Waals surface area contributed by atoms with Gasteiger partial charge in [0.2, 0.25) is 10.0 Å². The molecule has 0 bridgehead atoms. The Balaban J connectivity index is 2.18. The highest BCUT2D eigenvalue weighted by atomic mass is 79.9. The van der Waals surface area contributed by atoms with Crippen molar-refractivity contribution in [3.8, 4) is 16.9 Å². The Morgan fingerprint density at radius 1 is 1.08 bits per heavy atom. The van der Waals surface area contributed by atoms with Crippen LogP contribution in [0.5, 0.6) is 0 Å². The lowest BCUT2D eigenvalue weighted by Crippen LogP contribution is -2.14. The monoisotopic (exact) mass is 445 g/mol. The molecule has 0 amide bonds. The number of primary sulfonamides is 1. The van der Waals surface area contributed by atoms with Gasteiger partial charge in [0.1, 0.15) is 16.4 Å². The summed E-state index contributed by atoms with van der Waals surface area (Å²) in [5, 5.41) is 8.81. The van der Waals surface area contributed by atoms with Crippen LogP contribution in [0.2, 0.25) is 0 Å². The lowest BCUT2D eigenvalue weighted by molar-refractivity contribution is 0.145. The van der Waals surface area contributed by atoms with Crippen LogP contribution in [0.15, 0.2) is 57.9 Å². The van der Waals surface area contributed by atoms with Crippen molar-refractivity contribution in [2.45, 2.75) is 11.3 Å². The predicted octanol–water partition coefficient (Wildman–Crippen LogP) is 4.03. The van der Waals surface area contributed by atoms with Gasteiger partial charge < -0.3 is 0 Å². The fourth-order valence-corrected chi connectivity index (χ4v) is 3.23. The Morgan fingerprint density at radius 3 is 2.27 bits per heavy atom. The molecule has 0 aliphatic rings. The molecular weight excluding hydrogens is 435 g/mol. The van der Waals surface area contributed by atoms with Crippen molar-refractivity contribution < 1.29 is 21.6 Å². The summed E-state index contributed by atoms with van der Waals surface area (Å²) in [5.74, 6) is -1.08. The lowest BCUT2D eigenvalue weighted by atomic mass is 10.1. The van der Waals surface area contributed by atoms with E-state index >= 15 is 0 Å². The van der Waals surface area contributed by atoms with Crippen molar-refractivity contribution in [1.29, 1.82) is 0 Å². The van der Waals surface area contributed by atoms with Crippen molar-refractivity contribution in [1.82, 2.24) is 9.78 Å². The van der Waals surface area contributed by atoms with E-state index in [2.05, 4.69) is 21.0 Å². The summed E-state index contributed by atoms with van der Waals surface area (Å²) >= 11 is 3.28. The number of rotatable bonds is 4. The molecule has 3 aromatic rings. The number of nitrogens with zero attached hydrogens (tertiary/aromatic N) is 2. The molecule has 1 heterocycles. The van der Waals surface area contributed by atoms with Crippen LogP contribution in [0.25, 0.3) is 16.9 Å². The van der Waals surface area contributed by atoms with Crippen LogP contribution in [-0.4, -0.2) is 18.2 Å². The van der Waals surface area contributed by atoms with Crippen LogP contribution in [0, 0.1) is 5.82 Å². The average Bonchev–Trinajstić information content (AvgIpc) is 3.00. The Kier molecular flexibility index (Phi) is 4.91. The summed E-state index contributed by atoms with van der Waals surface area (Å²) in [7, 11) is -4.23. The van der Waals surface area contributed by atoms with Crippen molar-refractivity contribution in [3.05, 3.63) is 64.5 Å². The van der Waals surface area contributed by atoms with Crippen LogP contribution in [-0.2, 0) is 10.0 Å². The molecule has 2 N–H and O–H groups in total. The predicted molar refractivity (Wildman–Crippen MR) is 93.0 cm³/mol. The SMILES string of the molecule is NS(=O)(=O)c1ccc(-c2cc(C(F)F)nn2-c2ccc(Br)cc2)cc1F. The molecule has 0 radical (unpaired) electrons. The zero-order valence-electron chi connectivity index (χ0n) is 12.9. The van der Waals surface area contributed by atoms with E-state index in [4.69, 9.17) is 5.14 Å². The zero-order chi connectivity index (χ0) is 19.1. The first-order valence-corrected chi connectivity index (χ1v) is 9.47. The minimum atomic E-state index is -4.23. The molecule has 0 unspecified atom stereocenters. The van der Waals surface area contributed by atoms with Gasteiger partial charge in [-0.2, -0.15) is 5.10 Å². The number of hydrogen-bond acceptors (Lipinski definition) is 3. The first kappa shape index (κ1) is 18.6.